The molecule has 0 bridgehead atoms. The molecule has 0 radical (unpaired) electrons. The minimum absolute atomic E-state index is 0. The van der Waals surface area contributed by atoms with Gasteiger partial charge in [-0.05, 0) is 23.2 Å². The maximum atomic E-state index is 8.98. The van der Waals surface area contributed by atoms with E-state index < -0.39 is 4.70 Å². The van der Waals surface area contributed by atoms with Crippen molar-refractivity contribution in [2.24, 2.45) is 0 Å². The van der Waals surface area contributed by atoms with E-state index in [0.717, 1.165) is 0 Å². The Morgan fingerprint density at radius 2 is 1.40 bits per heavy atom. The molecule has 0 heterocycles. The van der Waals surface area contributed by atoms with E-state index in [4.69, 9.17) is 4.79 Å². The van der Waals surface area contributed by atoms with Crippen molar-refractivity contribution in [2.75, 3.05) is 0 Å². The molecule has 0 N–H and O–H groups in total. The Hall–Kier alpha value is 0.873. The molecule has 4 heteroatoms. The topological polar surface area (TPSA) is 17.1 Å². The Labute approximate surface area is 52.4 Å². The average Bonchev–Trinajstić information content (AvgIpc) is 0.811. The molecule has 0 unspecified atom stereocenters. The molecule has 0 rings (SSSR count). The molecular weight excluding hydrogens is 202 g/mol. The molecule has 0 saturated heterocycles. The summed E-state index contributed by atoms with van der Waals surface area (Å²) in [6.45, 7) is 0. The summed E-state index contributed by atoms with van der Waals surface area (Å²) in [6.07, 6.45) is 0. The Kier molecular flexibility index (Phi) is 9.06. The number of hydrogen-bond donors (Lipinski definition) is 0. The fourth-order valence-electron chi connectivity index (χ4n) is 0. The van der Waals surface area contributed by atoms with Crippen LogP contribution in [0.2, 0.25) is 0 Å². The SMILES string of the molecule is O=C(Cl)Cl.[Rh+]. The van der Waals surface area contributed by atoms with Gasteiger partial charge in [0.2, 0.25) is 0 Å². The van der Waals surface area contributed by atoms with Gasteiger partial charge in [-0.3, -0.25) is 4.79 Å². The second-order valence-electron chi connectivity index (χ2n) is 0.226. The standard InChI is InChI=1S/CCl2O.Rh/c2-1(3)4;/q;+1. The Bertz CT molecular complexity index is 32.6. The molecule has 32 valence electrons. The zero-order chi connectivity index (χ0) is 3.58. The van der Waals surface area contributed by atoms with Gasteiger partial charge >= 0.3 is 24.2 Å². The van der Waals surface area contributed by atoms with Crippen LogP contribution in [0.25, 0.3) is 0 Å². The zero-order valence-corrected chi connectivity index (χ0v) is 5.15. The van der Waals surface area contributed by atoms with Gasteiger partial charge in [-0.1, -0.05) is 0 Å². The van der Waals surface area contributed by atoms with E-state index in [1.807, 2.05) is 0 Å². The zero-order valence-electron chi connectivity index (χ0n) is 2.00. The summed E-state index contributed by atoms with van der Waals surface area (Å²) in [5, 5.41) is 0. The molecule has 0 atom stereocenters. The first-order valence-corrected chi connectivity index (χ1v) is 1.34. The molecule has 5 heavy (non-hydrogen) atoms. The summed E-state index contributed by atoms with van der Waals surface area (Å²) in [6, 6.07) is 0. The van der Waals surface area contributed by atoms with E-state index in [0.29, 0.717) is 0 Å². The van der Waals surface area contributed by atoms with Gasteiger partial charge in [-0.15, -0.1) is 0 Å². The van der Waals surface area contributed by atoms with Crippen LogP contribution < -0.4 is 0 Å². The molecule has 1 nitrogen and oxygen atoms in total. The second kappa shape index (κ2) is 4.87. The second-order valence-corrected chi connectivity index (χ2v) is 1.11. The van der Waals surface area contributed by atoms with Crippen molar-refractivity contribution in [3.05, 3.63) is 0 Å². The molecule has 0 aliphatic heterocycles. The van der Waals surface area contributed by atoms with Crippen molar-refractivity contribution >= 4 is 27.9 Å². The molecule has 0 aromatic carbocycles. The minimum Gasteiger partial charge on any atom is -0.262 e. The van der Waals surface area contributed by atoms with Crippen LogP contribution in [-0.4, -0.2) is 4.70 Å². The van der Waals surface area contributed by atoms with Crippen LogP contribution in [0.4, 0.5) is 4.79 Å². The summed E-state index contributed by atoms with van der Waals surface area (Å²) >= 11 is 8.80. The van der Waals surface area contributed by atoms with Crippen LogP contribution in [0.5, 0.6) is 0 Å². The third-order valence-corrected chi connectivity index (χ3v) is 0. The van der Waals surface area contributed by atoms with Crippen LogP contribution in [-0.2, 0) is 19.5 Å². The summed E-state index contributed by atoms with van der Waals surface area (Å²) < 4.78 is -0.889. The molecular formula is CCl2ORh+. The molecule has 0 fully saturated rings. The first-order valence-electron chi connectivity index (χ1n) is 0.582. The molecule has 0 saturated carbocycles. The average molecular weight is 202 g/mol. The summed E-state index contributed by atoms with van der Waals surface area (Å²) in [5.41, 5.74) is 0. The molecule has 0 aromatic heterocycles. The minimum atomic E-state index is -0.889. The normalized spacial score (nSPS) is 5.20. The first kappa shape index (κ1) is 9.30. The maximum absolute atomic E-state index is 8.98. The predicted molar refractivity (Wildman–Crippen MR) is 17.1 cm³/mol. The molecule has 0 spiro atoms. The third-order valence-electron chi connectivity index (χ3n) is 0. The van der Waals surface area contributed by atoms with Gasteiger partial charge < -0.3 is 0 Å². The van der Waals surface area contributed by atoms with Gasteiger partial charge in [0, 0.05) is 0 Å². The van der Waals surface area contributed by atoms with Crippen molar-refractivity contribution in [1.29, 1.82) is 0 Å². The Morgan fingerprint density at radius 3 is 1.40 bits per heavy atom. The number of halogens is 2. The fraction of sp³-hybridized carbons (Fsp3) is 0. The van der Waals surface area contributed by atoms with E-state index in [1.54, 1.807) is 0 Å². The van der Waals surface area contributed by atoms with Gasteiger partial charge in [-0.2, -0.15) is 0 Å². The van der Waals surface area contributed by atoms with Crippen LogP contribution in [0.3, 0.4) is 0 Å². The third kappa shape index (κ3) is 52.7. The predicted octanol–water partition coefficient (Wildman–Crippen LogP) is 1.58. The number of hydrogen-bond acceptors (Lipinski definition) is 1. The number of carbonyl (C=O) groups is 1. The molecule has 0 aliphatic carbocycles. The van der Waals surface area contributed by atoms with Gasteiger partial charge in [0.25, 0.3) is 0 Å². The van der Waals surface area contributed by atoms with Crippen LogP contribution in [0.15, 0.2) is 0 Å². The van der Waals surface area contributed by atoms with Crippen molar-refractivity contribution in [2.45, 2.75) is 0 Å². The number of rotatable bonds is 0. The smallest absolute Gasteiger partial charge is 0.262 e. The van der Waals surface area contributed by atoms with E-state index >= 15 is 0 Å². The van der Waals surface area contributed by atoms with Crippen LogP contribution >= 0.6 is 23.2 Å². The van der Waals surface area contributed by atoms with Crippen molar-refractivity contribution in [3.8, 4) is 0 Å². The van der Waals surface area contributed by atoms with Crippen molar-refractivity contribution in [1.82, 2.24) is 0 Å². The van der Waals surface area contributed by atoms with E-state index in [9.17, 15) is 0 Å². The number of carbonyl (C=O) groups excluding carboxylic acids is 1. The molecule has 0 aromatic rings. The Balaban J connectivity index is 0. The van der Waals surface area contributed by atoms with Gasteiger partial charge in [0.05, 0.1) is 0 Å². The van der Waals surface area contributed by atoms with E-state index in [2.05, 4.69) is 23.2 Å². The van der Waals surface area contributed by atoms with Gasteiger partial charge in [0.1, 0.15) is 0 Å². The maximum Gasteiger partial charge on any atom is 1.00 e. The quantitative estimate of drug-likeness (QED) is 0.430. The molecule has 0 amide bonds. The first-order chi connectivity index (χ1) is 1.73. The summed E-state index contributed by atoms with van der Waals surface area (Å²) in [7, 11) is 0. The Morgan fingerprint density at radius 1 is 1.40 bits per heavy atom. The fourth-order valence-corrected chi connectivity index (χ4v) is 0. The van der Waals surface area contributed by atoms with Gasteiger partial charge in [-0.25, -0.2) is 0 Å². The monoisotopic (exact) mass is 201 g/mol. The summed E-state index contributed by atoms with van der Waals surface area (Å²) in [5.74, 6) is 0. The van der Waals surface area contributed by atoms with Crippen molar-refractivity contribution < 1.29 is 24.3 Å². The van der Waals surface area contributed by atoms with E-state index in [-0.39, 0.29) is 19.5 Å². The molecule has 0 aliphatic rings. The van der Waals surface area contributed by atoms with E-state index in [1.165, 1.54) is 0 Å². The van der Waals surface area contributed by atoms with Crippen LogP contribution in [0.1, 0.15) is 0 Å². The van der Waals surface area contributed by atoms with Gasteiger partial charge in [0.15, 0.2) is 0 Å². The summed E-state index contributed by atoms with van der Waals surface area (Å²) in [4.78, 5) is 8.98. The largest absolute Gasteiger partial charge is 1.00 e. The van der Waals surface area contributed by atoms with Crippen molar-refractivity contribution in [3.63, 3.8) is 0 Å². The van der Waals surface area contributed by atoms with Crippen LogP contribution in [0, 0.1) is 0 Å².